The van der Waals surface area contributed by atoms with Gasteiger partial charge in [-0.2, -0.15) is 13.5 Å². The molecule has 0 radical (unpaired) electrons. The van der Waals surface area contributed by atoms with E-state index in [0.717, 1.165) is 61.0 Å². The van der Waals surface area contributed by atoms with Gasteiger partial charge in [0.1, 0.15) is 0 Å². The first-order valence-corrected chi connectivity index (χ1v) is 13.6. The fraction of sp³-hybridized carbons (Fsp3) is 0.583. The monoisotopic (exact) mass is 511 g/mol. The van der Waals surface area contributed by atoms with Gasteiger partial charge in [-0.15, -0.1) is 0 Å². The summed E-state index contributed by atoms with van der Waals surface area (Å²) in [6.07, 6.45) is 7.06. The first-order valence-electron chi connectivity index (χ1n) is 12.1. The summed E-state index contributed by atoms with van der Waals surface area (Å²) < 4.78 is 38.2. The van der Waals surface area contributed by atoms with E-state index in [9.17, 15) is 13.2 Å². The molecule has 5 rings (SSSR count). The molecule has 0 atom stereocenters. The van der Waals surface area contributed by atoms with Gasteiger partial charge >= 0.3 is 45.8 Å². The van der Waals surface area contributed by atoms with Crippen molar-refractivity contribution in [2.45, 2.75) is 71.3 Å². The predicted molar refractivity (Wildman–Crippen MR) is 132 cm³/mol. The zero-order valence-electron chi connectivity index (χ0n) is 22.1. The van der Waals surface area contributed by atoms with E-state index in [4.69, 9.17) is 4.74 Å². The summed E-state index contributed by atoms with van der Waals surface area (Å²) in [7, 11) is -2.40. The number of fused-ring (bicyclic) bond motifs is 2. The van der Waals surface area contributed by atoms with Crippen molar-refractivity contribution in [1.29, 1.82) is 0 Å². The molecule has 2 N–H and O–H groups in total. The third-order valence-corrected chi connectivity index (χ3v) is 8.85. The van der Waals surface area contributed by atoms with Crippen molar-refractivity contribution < 1.29 is 48.9 Å². The van der Waals surface area contributed by atoms with Crippen LogP contribution in [0.4, 0.5) is 16.2 Å². The van der Waals surface area contributed by atoms with Crippen LogP contribution in [0.1, 0.15) is 60.8 Å². The zero-order valence-corrected chi connectivity index (χ0v) is 23.9. The van der Waals surface area contributed by atoms with Gasteiger partial charge in [0.05, 0.1) is 23.1 Å². The van der Waals surface area contributed by atoms with Gasteiger partial charge in [-0.1, -0.05) is 6.07 Å². The topological polar surface area (TPSA) is 106 Å². The van der Waals surface area contributed by atoms with E-state index in [0.29, 0.717) is 37.4 Å². The van der Waals surface area contributed by atoms with Crippen molar-refractivity contribution in [2.75, 3.05) is 22.8 Å². The smallest absolute Gasteiger partial charge is 1.00 e. The van der Waals surface area contributed by atoms with Crippen LogP contribution in [0.15, 0.2) is 6.07 Å². The number of carbonyl (C=O) groups is 1. The minimum Gasteiger partial charge on any atom is -1.00 e. The molecule has 1 saturated heterocycles. The molecule has 0 unspecified atom stereocenters. The normalized spacial score (nSPS) is 17.5. The maximum atomic E-state index is 13.7. The largest absolute Gasteiger partial charge is 1.00 e. The number of carbonyl (C=O) groups excluding carboxylic acids is 1. The molecule has 2 heterocycles. The Kier molecular flexibility index (Phi) is 7.88. The van der Waals surface area contributed by atoms with E-state index < -0.39 is 16.2 Å². The van der Waals surface area contributed by atoms with Crippen LogP contribution in [0.2, 0.25) is 0 Å². The molecule has 2 aromatic rings. The first kappa shape index (κ1) is 26.5. The molecule has 1 aromatic heterocycles. The third-order valence-electron chi connectivity index (χ3n) is 7.41. The fourth-order valence-corrected chi connectivity index (χ4v) is 7.26. The molecule has 0 spiro atoms. The van der Waals surface area contributed by atoms with E-state index in [1.54, 1.807) is 18.7 Å². The molecule has 11 heteroatoms. The Morgan fingerprint density at radius 1 is 1.11 bits per heavy atom. The van der Waals surface area contributed by atoms with Gasteiger partial charge in [0.25, 0.3) is 0 Å². The first-order chi connectivity index (χ1) is 16.3. The number of hydrogen-bond donors (Lipinski definition) is 2. The zero-order chi connectivity index (χ0) is 24.0. The second-order valence-corrected chi connectivity index (χ2v) is 11.1. The summed E-state index contributed by atoms with van der Waals surface area (Å²) in [5, 5.41) is 7.36. The molecular weight excluding hydrogens is 477 g/mol. The van der Waals surface area contributed by atoms with Crippen LogP contribution in [-0.2, 0) is 47.7 Å². The number of hydrogen-bond acceptors (Lipinski definition) is 5. The summed E-state index contributed by atoms with van der Waals surface area (Å²) in [6, 6.07) is 1.25. The van der Waals surface area contributed by atoms with Gasteiger partial charge < -0.3 is 11.5 Å². The Morgan fingerprint density at radius 2 is 1.71 bits per heavy atom. The summed E-state index contributed by atoms with van der Waals surface area (Å²) in [5.74, 6) is 0. The van der Waals surface area contributed by atoms with Crippen LogP contribution in [0.3, 0.4) is 0 Å². The van der Waals surface area contributed by atoms with Crippen LogP contribution in [0.25, 0.3) is 0 Å². The molecule has 0 saturated carbocycles. The van der Waals surface area contributed by atoms with Crippen molar-refractivity contribution in [1.82, 2.24) is 14.5 Å². The molecule has 1 fully saturated rings. The molecule has 35 heavy (non-hydrogen) atoms. The Bertz CT molecular complexity index is 1210. The van der Waals surface area contributed by atoms with E-state index in [1.165, 1.54) is 15.4 Å². The fourth-order valence-electron chi connectivity index (χ4n) is 5.77. The average Bonchev–Trinajstić information content (AvgIpc) is 3.50. The number of amides is 2. The number of anilines is 2. The summed E-state index contributed by atoms with van der Waals surface area (Å²) in [6.45, 7) is 4.59. The molecule has 9 nitrogen and oxygen atoms in total. The SMILES string of the molecule is Cc1nn(C)c(C)c1N(C1CCOCC1)S(=O)(=O)NC(=O)Nc1c2c(cc3c1CCC3)CCC2.[H-].[Na+]. The van der Waals surface area contributed by atoms with E-state index in [2.05, 4.69) is 21.2 Å². The van der Waals surface area contributed by atoms with E-state index in [-0.39, 0.29) is 37.0 Å². The van der Waals surface area contributed by atoms with Gasteiger partial charge in [0.15, 0.2) is 0 Å². The van der Waals surface area contributed by atoms with Crippen LogP contribution in [-0.4, -0.2) is 43.5 Å². The molecule has 0 bridgehead atoms. The number of urea groups is 1. The number of benzene rings is 1. The Hall–Kier alpha value is -1.59. The second kappa shape index (κ2) is 10.4. The van der Waals surface area contributed by atoms with E-state index >= 15 is 0 Å². The maximum Gasteiger partial charge on any atom is 1.00 e. The Morgan fingerprint density at radius 3 is 2.26 bits per heavy atom. The molecular formula is C24H34N5NaO4S. The van der Waals surface area contributed by atoms with Crippen LogP contribution in [0, 0.1) is 13.8 Å². The molecule has 1 aliphatic heterocycles. The van der Waals surface area contributed by atoms with Crippen molar-refractivity contribution >= 4 is 27.6 Å². The standard InChI is InChI=1S/C24H33N5O4S.Na.H/c1-15-23(16(2)28(3)26-15)29(19-10-12-33-13-11-19)34(31,32)27-24(30)25-22-20-8-4-6-17(20)14-18-7-5-9-21(18)22;;/h14,19H,4-13H2,1-3H3,(H2,25,27,30);;/q;+1;-1. The van der Waals surface area contributed by atoms with Gasteiger partial charge in [-0.3, -0.25) is 4.68 Å². The number of nitrogens with one attached hydrogen (secondary N) is 2. The van der Waals surface area contributed by atoms with Crippen molar-refractivity contribution in [3.05, 3.63) is 39.7 Å². The van der Waals surface area contributed by atoms with Crippen molar-refractivity contribution in [3.8, 4) is 0 Å². The number of aromatic nitrogens is 2. The second-order valence-electron chi connectivity index (χ2n) is 9.58. The summed E-state index contributed by atoms with van der Waals surface area (Å²) >= 11 is 0. The number of nitrogens with zero attached hydrogens (tertiary/aromatic N) is 3. The Balaban J connectivity index is 0.00000180. The van der Waals surface area contributed by atoms with Crippen LogP contribution in [0.5, 0.6) is 0 Å². The summed E-state index contributed by atoms with van der Waals surface area (Å²) in [4.78, 5) is 13.1. The average molecular weight is 512 g/mol. The quantitative estimate of drug-likeness (QED) is 0.558. The molecule has 3 aliphatic rings. The van der Waals surface area contributed by atoms with Crippen LogP contribution >= 0.6 is 0 Å². The minimum absolute atomic E-state index is 0. The third kappa shape index (κ3) is 5.00. The minimum atomic E-state index is -4.19. The number of ether oxygens (including phenoxy) is 1. The van der Waals surface area contributed by atoms with Gasteiger partial charge in [0.2, 0.25) is 0 Å². The molecule has 2 amide bonds. The van der Waals surface area contributed by atoms with Crippen molar-refractivity contribution in [2.24, 2.45) is 7.05 Å². The Labute approximate surface area is 230 Å². The predicted octanol–water partition coefficient (Wildman–Crippen LogP) is 0.183. The van der Waals surface area contributed by atoms with Gasteiger partial charge in [0, 0.05) is 25.9 Å². The number of aryl methyl sites for hydroxylation is 4. The van der Waals surface area contributed by atoms with Crippen molar-refractivity contribution in [3.63, 3.8) is 0 Å². The molecule has 1 aromatic carbocycles. The van der Waals surface area contributed by atoms with Gasteiger partial charge in [-0.05, 0) is 87.5 Å². The van der Waals surface area contributed by atoms with E-state index in [1.807, 2.05) is 6.92 Å². The maximum absolute atomic E-state index is 13.7. The molecule has 2 aliphatic carbocycles. The van der Waals surface area contributed by atoms with Gasteiger partial charge in [-0.25, -0.2) is 13.8 Å². The molecule has 186 valence electrons. The summed E-state index contributed by atoms with van der Waals surface area (Å²) in [5.41, 5.74) is 7.57. The van der Waals surface area contributed by atoms with Crippen LogP contribution < -0.4 is 43.9 Å². The number of rotatable bonds is 5.